The van der Waals surface area contributed by atoms with Gasteiger partial charge in [0, 0.05) is 4.75 Å². The maximum Gasteiger partial charge on any atom is 0.0842 e. The molecule has 0 radical (unpaired) electrons. The zero-order valence-electron chi connectivity index (χ0n) is 11.5. The van der Waals surface area contributed by atoms with Gasteiger partial charge in [0.15, 0.2) is 0 Å². The predicted octanol–water partition coefficient (Wildman–Crippen LogP) is 2.06. The number of nitrogens with zero attached hydrogens (tertiary/aromatic N) is 3. The van der Waals surface area contributed by atoms with E-state index in [1.165, 1.54) is 12.2 Å². The quantitative estimate of drug-likeness (QED) is 0.666. The van der Waals surface area contributed by atoms with Crippen molar-refractivity contribution >= 4 is 11.8 Å². The van der Waals surface area contributed by atoms with Crippen molar-refractivity contribution in [2.45, 2.75) is 30.6 Å². The molecular formula is C14H19N5S. The molecule has 3 N–H and O–H groups in total. The fourth-order valence-electron chi connectivity index (χ4n) is 2.81. The van der Waals surface area contributed by atoms with Crippen molar-refractivity contribution in [3.8, 4) is 5.69 Å². The minimum atomic E-state index is 0.0326. The molecule has 2 heterocycles. The second kappa shape index (κ2) is 5.55. The molecule has 1 fully saturated rings. The highest BCUT2D eigenvalue weighted by molar-refractivity contribution is 8.00. The lowest BCUT2D eigenvalue weighted by atomic mass is 9.94. The van der Waals surface area contributed by atoms with Gasteiger partial charge < -0.3 is 0 Å². The van der Waals surface area contributed by atoms with Gasteiger partial charge in [-0.15, -0.1) is 5.10 Å². The summed E-state index contributed by atoms with van der Waals surface area (Å²) in [7, 11) is 0. The van der Waals surface area contributed by atoms with E-state index in [0.29, 0.717) is 0 Å². The summed E-state index contributed by atoms with van der Waals surface area (Å²) in [6, 6.07) is 10.1. The first kappa shape index (κ1) is 13.6. The minimum Gasteiger partial charge on any atom is -0.271 e. The third-order valence-corrected chi connectivity index (χ3v) is 5.49. The lowest BCUT2D eigenvalue weighted by molar-refractivity contribution is 0.405. The second-order valence-electron chi connectivity index (χ2n) is 5.27. The Kier molecular flexibility index (Phi) is 3.78. The predicted molar refractivity (Wildman–Crippen MR) is 81.5 cm³/mol. The van der Waals surface area contributed by atoms with Crippen molar-refractivity contribution < 1.29 is 0 Å². The van der Waals surface area contributed by atoms with Gasteiger partial charge in [-0.05, 0) is 37.7 Å². The van der Waals surface area contributed by atoms with Crippen molar-refractivity contribution in [3.63, 3.8) is 0 Å². The average Bonchev–Trinajstić information content (AvgIpc) is 3.11. The second-order valence-corrected chi connectivity index (χ2v) is 6.90. The largest absolute Gasteiger partial charge is 0.271 e. The Hall–Kier alpha value is -1.37. The Bertz CT molecular complexity index is 562. The standard InChI is InChI=1S/C14H19N5S/c1-14(8-5-9-20-14)13(17-15)12-10-16-18-19(12)11-6-3-2-4-7-11/h2-4,6-7,10,13,17H,5,8-9,15H2,1H3. The van der Waals surface area contributed by atoms with Gasteiger partial charge >= 0.3 is 0 Å². The topological polar surface area (TPSA) is 68.8 Å². The summed E-state index contributed by atoms with van der Waals surface area (Å²) in [6.07, 6.45) is 4.18. The third-order valence-electron chi connectivity index (χ3n) is 3.90. The molecule has 106 valence electrons. The number of benzene rings is 1. The van der Waals surface area contributed by atoms with Gasteiger partial charge in [-0.3, -0.25) is 5.84 Å². The van der Waals surface area contributed by atoms with Crippen LogP contribution in [0.4, 0.5) is 0 Å². The molecule has 6 heteroatoms. The number of aromatic nitrogens is 3. The molecule has 2 atom stereocenters. The number of hydrogen-bond donors (Lipinski definition) is 2. The van der Waals surface area contributed by atoms with Gasteiger partial charge in [0.2, 0.25) is 0 Å². The van der Waals surface area contributed by atoms with E-state index < -0.39 is 0 Å². The number of nitrogens with one attached hydrogen (secondary N) is 1. The van der Waals surface area contributed by atoms with Crippen LogP contribution in [0.25, 0.3) is 5.69 Å². The first-order valence-electron chi connectivity index (χ1n) is 6.81. The van der Waals surface area contributed by atoms with Crippen LogP contribution in [0.5, 0.6) is 0 Å². The van der Waals surface area contributed by atoms with Crippen LogP contribution < -0.4 is 11.3 Å². The minimum absolute atomic E-state index is 0.0326. The average molecular weight is 289 g/mol. The van der Waals surface area contributed by atoms with Gasteiger partial charge in [0.05, 0.1) is 23.6 Å². The van der Waals surface area contributed by atoms with Crippen molar-refractivity contribution in [3.05, 3.63) is 42.2 Å². The van der Waals surface area contributed by atoms with Crippen molar-refractivity contribution in [2.24, 2.45) is 5.84 Å². The van der Waals surface area contributed by atoms with E-state index in [0.717, 1.165) is 17.8 Å². The van der Waals surface area contributed by atoms with Crippen LogP contribution in [0.3, 0.4) is 0 Å². The maximum atomic E-state index is 5.84. The van der Waals surface area contributed by atoms with E-state index in [4.69, 9.17) is 5.84 Å². The molecule has 1 aliphatic heterocycles. The smallest absolute Gasteiger partial charge is 0.0842 e. The number of nitrogens with two attached hydrogens (primary N) is 1. The number of thioether (sulfide) groups is 1. The number of hydrogen-bond acceptors (Lipinski definition) is 5. The van der Waals surface area contributed by atoms with Crippen LogP contribution >= 0.6 is 11.8 Å². The number of rotatable bonds is 4. The Morgan fingerprint density at radius 1 is 1.40 bits per heavy atom. The summed E-state index contributed by atoms with van der Waals surface area (Å²) in [6.45, 7) is 2.26. The molecule has 1 aliphatic rings. The van der Waals surface area contributed by atoms with Gasteiger partial charge in [-0.25, -0.2) is 10.1 Å². The zero-order chi connectivity index (χ0) is 14.0. The monoisotopic (exact) mass is 289 g/mol. The molecule has 2 unspecified atom stereocenters. The third kappa shape index (κ3) is 2.34. The molecule has 0 spiro atoms. The van der Waals surface area contributed by atoms with Crippen LogP contribution in [-0.4, -0.2) is 25.5 Å². The summed E-state index contributed by atoms with van der Waals surface area (Å²) in [5, 5.41) is 8.30. The highest BCUT2D eigenvalue weighted by atomic mass is 32.2. The van der Waals surface area contributed by atoms with Gasteiger partial charge in [-0.1, -0.05) is 23.4 Å². The van der Waals surface area contributed by atoms with Crippen molar-refractivity contribution in [2.75, 3.05) is 5.75 Å². The molecule has 3 rings (SSSR count). The van der Waals surface area contributed by atoms with Crippen LogP contribution in [0.1, 0.15) is 31.5 Å². The lowest BCUT2D eigenvalue weighted by Gasteiger charge is -2.32. The Morgan fingerprint density at radius 2 is 2.20 bits per heavy atom. The Labute approximate surface area is 122 Å². The highest BCUT2D eigenvalue weighted by Gasteiger charge is 2.40. The summed E-state index contributed by atoms with van der Waals surface area (Å²) in [5.41, 5.74) is 4.99. The fourth-order valence-corrected chi connectivity index (χ4v) is 4.21. The van der Waals surface area contributed by atoms with Crippen LogP contribution in [0, 0.1) is 0 Å². The van der Waals surface area contributed by atoms with E-state index in [1.807, 2.05) is 53.0 Å². The first-order valence-corrected chi connectivity index (χ1v) is 7.79. The van der Waals surface area contributed by atoms with E-state index in [2.05, 4.69) is 22.7 Å². The molecule has 1 aromatic heterocycles. The van der Waals surface area contributed by atoms with E-state index in [9.17, 15) is 0 Å². The van der Waals surface area contributed by atoms with Crippen LogP contribution in [0.15, 0.2) is 36.5 Å². The molecule has 0 aliphatic carbocycles. The molecule has 2 aromatic rings. The highest BCUT2D eigenvalue weighted by Crippen LogP contribution is 2.46. The van der Waals surface area contributed by atoms with Crippen molar-refractivity contribution in [1.82, 2.24) is 20.4 Å². The van der Waals surface area contributed by atoms with E-state index >= 15 is 0 Å². The van der Waals surface area contributed by atoms with Gasteiger partial charge in [-0.2, -0.15) is 11.8 Å². The SMILES string of the molecule is CC1(C(NN)c2cnnn2-c2ccccc2)CCCS1. The Morgan fingerprint density at radius 3 is 2.85 bits per heavy atom. The summed E-state index contributed by atoms with van der Waals surface area (Å²) in [5.74, 6) is 7.03. The van der Waals surface area contributed by atoms with Gasteiger partial charge in [0.1, 0.15) is 0 Å². The molecule has 1 aromatic carbocycles. The van der Waals surface area contributed by atoms with Crippen molar-refractivity contribution in [1.29, 1.82) is 0 Å². The molecule has 0 bridgehead atoms. The lowest BCUT2D eigenvalue weighted by Crippen LogP contribution is -2.42. The summed E-state index contributed by atoms with van der Waals surface area (Å²) in [4.78, 5) is 0. The molecular weight excluding hydrogens is 270 g/mol. The zero-order valence-corrected chi connectivity index (χ0v) is 12.3. The fraction of sp³-hybridized carbons (Fsp3) is 0.429. The number of para-hydroxylation sites is 1. The molecule has 1 saturated heterocycles. The normalized spacial score (nSPS) is 23.9. The van der Waals surface area contributed by atoms with E-state index in [1.54, 1.807) is 0 Å². The molecule has 5 nitrogen and oxygen atoms in total. The number of hydrazine groups is 1. The van der Waals surface area contributed by atoms with Crippen LogP contribution in [0.2, 0.25) is 0 Å². The maximum absolute atomic E-state index is 5.84. The molecule has 0 amide bonds. The first-order chi connectivity index (χ1) is 9.74. The van der Waals surface area contributed by atoms with Crippen LogP contribution in [-0.2, 0) is 0 Å². The van der Waals surface area contributed by atoms with E-state index in [-0.39, 0.29) is 10.8 Å². The summed E-state index contributed by atoms with van der Waals surface area (Å²) < 4.78 is 1.96. The molecule has 20 heavy (non-hydrogen) atoms. The molecule has 0 saturated carbocycles. The van der Waals surface area contributed by atoms with Gasteiger partial charge in [0.25, 0.3) is 0 Å². The summed E-state index contributed by atoms with van der Waals surface area (Å²) >= 11 is 1.97. The Balaban J connectivity index is 2.00.